The highest BCUT2D eigenvalue weighted by Gasteiger charge is 2.18. The van der Waals surface area contributed by atoms with Crippen LogP contribution in [0.15, 0.2) is 60.7 Å². The van der Waals surface area contributed by atoms with E-state index in [0.29, 0.717) is 19.0 Å². The van der Waals surface area contributed by atoms with Gasteiger partial charge in [-0.15, -0.1) is 0 Å². The molecule has 0 aromatic heterocycles. The Morgan fingerprint density at radius 1 is 0.840 bits per heavy atom. The lowest BCUT2D eigenvalue weighted by molar-refractivity contribution is 0.188. The minimum absolute atomic E-state index is 0.0401. The second-order valence-corrected chi connectivity index (χ2v) is 7.02. The lowest BCUT2D eigenvalue weighted by Gasteiger charge is -2.26. The van der Waals surface area contributed by atoms with Crippen LogP contribution in [-0.4, -0.2) is 17.5 Å². The fourth-order valence-corrected chi connectivity index (χ4v) is 3.54. The molecule has 0 unspecified atom stereocenters. The van der Waals surface area contributed by atoms with Crippen LogP contribution in [0.3, 0.4) is 0 Å². The second-order valence-electron chi connectivity index (χ2n) is 7.02. The van der Waals surface area contributed by atoms with Crippen molar-refractivity contribution in [1.29, 1.82) is 0 Å². The van der Waals surface area contributed by atoms with Crippen molar-refractivity contribution in [2.75, 3.05) is 6.54 Å². The third kappa shape index (κ3) is 5.63. The lowest BCUT2D eigenvalue weighted by Crippen LogP contribution is -2.41. The van der Waals surface area contributed by atoms with Gasteiger partial charge >= 0.3 is 6.03 Å². The van der Waals surface area contributed by atoms with Gasteiger partial charge in [-0.1, -0.05) is 79.9 Å². The van der Waals surface area contributed by atoms with Crippen molar-refractivity contribution in [3.8, 4) is 0 Å². The smallest absolute Gasteiger partial charge is 0.318 e. The molecule has 132 valence electrons. The average molecular weight is 336 g/mol. The van der Waals surface area contributed by atoms with Gasteiger partial charge in [0.05, 0.1) is 0 Å². The predicted octanol–water partition coefficient (Wildman–Crippen LogP) is 4.98. The van der Waals surface area contributed by atoms with E-state index in [0.717, 1.165) is 17.7 Å². The second kappa shape index (κ2) is 9.26. The van der Waals surface area contributed by atoms with Gasteiger partial charge in [-0.3, -0.25) is 0 Å². The molecule has 0 spiro atoms. The van der Waals surface area contributed by atoms with Gasteiger partial charge in [0.1, 0.15) is 0 Å². The van der Waals surface area contributed by atoms with Crippen molar-refractivity contribution in [3.05, 3.63) is 71.8 Å². The van der Waals surface area contributed by atoms with E-state index < -0.39 is 0 Å². The van der Waals surface area contributed by atoms with E-state index in [1.54, 1.807) is 0 Å². The normalized spacial score (nSPS) is 14.9. The summed E-state index contributed by atoms with van der Waals surface area (Å²) in [4.78, 5) is 14.7. The molecule has 0 atom stereocenters. The fraction of sp³-hybridized carbons (Fsp3) is 0.409. The Morgan fingerprint density at radius 3 is 1.88 bits per heavy atom. The molecule has 3 nitrogen and oxygen atoms in total. The maximum absolute atomic E-state index is 12.8. The van der Waals surface area contributed by atoms with Crippen molar-refractivity contribution in [2.45, 2.75) is 45.2 Å². The van der Waals surface area contributed by atoms with Crippen molar-refractivity contribution >= 4 is 6.03 Å². The van der Waals surface area contributed by atoms with Crippen LogP contribution in [0.5, 0.6) is 0 Å². The summed E-state index contributed by atoms with van der Waals surface area (Å²) < 4.78 is 0. The van der Waals surface area contributed by atoms with E-state index in [-0.39, 0.29) is 6.03 Å². The Bertz CT molecular complexity index is 594. The van der Waals surface area contributed by atoms with Crippen LogP contribution in [0.4, 0.5) is 4.79 Å². The van der Waals surface area contributed by atoms with Crippen LogP contribution in [0.1, 0.15) is 43.2 Å². The largest absolute Gasteiger partial charge is 0.338 e. The van der Waals surface area contributed by atoms with Crippen LogP contribution < -0.4 is 5.32 Å². The zero-order valence-electron chi connectivity index (χ0n) is 14.9. The van der Waals surface area contributed by atoms with E-state index in [1.165, 1.54) is 32.1 Å². The maximum atomic E-state index is 12.8. The van der Waals surface area contributed by atoms with Gasteiger partial charge in [0.15, 0.2) is 0 Å². The van der Waals surface area contributed by atoms with Crippen molar-refractivity contribution < 1.29 is 4.79 Å². The number of amides is 2. The van der Waals surface area contributed by atoms with Gasteiger partial charge in [0.2, 0.25) is 0 Å². The monoisotopic (exact) mass is 336 g/mol. The van der Waals surface area contributed by atoms with Crippen LogP contribution in [-0.2, 0) is 13.1 Å². The molecule has 3 heteroatoms. The third-order valence-corrected chi connectivity index (χ3v) is 4.99. The van der Waals surface area contributed by atoms with E-state index in [1.807, 2.05) is 41.3 Å². The molecular weight excluding hydrogens is 308 g/mol. The highest BCUT2D eigenvalue weighted by atomic mass is 16.2. The summed E-state index contributed by atoms with van der Waals surface area (Å²) in [6, 6.07) is 20.5. The van der Waals surface area contributed by atoms with Gasteiger partial charge in [-0.05, 0) is 29.9 Å². The number of carbonyl (C=O) groups excluding carboxylic acids is 1. The highest BCUT2D eigenvalue weighted by molar-refractivity contribution is 5.74. The molecule has 0 saturated heterocycles. The number of carbonyl (C=O) groups is 1. The number of nitrogens with zero attached hydrogens (tertiary/aromatic N) is 1. The fourth-order valence-electron chi connectivity index (χ4n) is 3.54. The summed E-state index contributed by atoms with van der Waals surface area (Å²) in [6.45, 7) is 2.07. The minimum atomic E-state index is 0.0401. The van der Waals surface area contributed by atoms with Gasteiger partial charge in [-0.25, -0.2) is 4.79 Å². The Morgan fingerprint density at radius 2 is 1.36 bits per heavy atom. The molecule has 1 aliphatic rings. The van der Waals surface area contributed by atoms with Crippen LogP contribution >= 0.6 is 0 Å². The van der Waals surface area contributed by atoms with Gasteiger partial charge in [-0.2, -0.15) is 0 Å². The summed E-state index contributed by atoms with van der Waals surface area (Å²) >= 11 is 0. The summed E-state index contributed by atoms with van der Waals surface area (Å²) in [6.07, 6.45) is 6.45. The summed E-state index contributed by atoms with van der Waals surface area (Å²) in [5, 5.41) is 3.18. The van der Waals surface area contributed by atoms with Gasteiger partial charge in [0, 0.05) is 19.6 Å². The maximum Gasteiger partial charge on any atom is 0.318 e. The molecule has 0 bridgehead atoms. The molecule has 2 amide bonds. The van der Waals surface area contributed by atoms with E-state index in [9.17, 15) is 4.79 Å². The molecule has 25 heavy (non-hydrogen) atoms. The summed E-state index contributed by atoms with van der Waals surface area (Å²) in [5.41, 5.74) is 2.32. The van der Waals surface area contributed by atoms with Gasteiger partial charge < -0.3 is 10.2 Å². The van der Waals surface area contributed by atoms with E-state index in [2.05, 4.69) is 29.6 Å². The quantitative estimate of drug-likeness (QED) is 0.793. The Labute approximate surface area is 151 Å². The summed E-state index contributed by atoms with van der Waals surface area (Å²) in [7, 11) is 0. The molecule has 1 fully saturated rings. The average Bonchev–Trinajstić information content (AvgIpc) is 2.68. The van der Waals surface area contributed by atoms with Gasteiger partial charge in [0.25, 0.3) is 0 Å². The highest BCUT2D eigenvalue weighted by Crippen LogP contribution is 2.23. The van der Waals surface area contributed by atoms with E-state index >= 15 is 0 Å². The number of nitrogens with one attached hydrogen (secondary N) is 1. The van der Waals surface area contributed by atoms with Crippen LogP contribution in [0.25, 0.3) is 0 Å². The number of hydrogen-bond donors (Lipinski definition) is 1. The molecule has 0 radical (unpaired) electrons. The van der Waals surface area contributed by atoms with Crippen molar-refractivity contribution in [2.24, 2.45) is 5.92 Å². The molecule has 3 rings (SSSR count). The predicted molar refractivity (Wildman–Crippen MR) is 102 cm³/mol. The first-order chi connectivity index (χ1) is 12.3. The molecule has 2 aromatic rings. The molecular formula is C22H28N2O. The summed E-state index contributed by atoms with van der Waals surface area (Å²) in [5.74, 6) is 0.646. The topological polar surface area (TPSA) is 32.3 Å². The molecule has 1 aliphatic carbocycles. The molecule has 0 heterocycles. The third-order valence-electron chi connectivity index (χ3n) is 4.99. The SMILES string of the molecule is O=C(NCC1CCCCC1)N(Cc1ccccc1)Cc1ccccc1. The standard InChI is InChI=1S/C22H28N2O/c25-22(23-16-19-10-4-1-5-11-19)24(17-20-12-6-2-7-13-20)18-21-14-8-3-9-15-21/h2-3,6-9,12-15,19H,1,4-5,10-11,16-18H2,(H,23,25). The van der Waals surface area contributed by atoms with Crippen molar-refractivity contribution in [3.63, 3.8) is 0 Å². The first-order valence-corrected chi connectivity index (χ1v) is 9.42. The number of urea groups is 1. The first kappa shape index (κ1) is 17.5. The number of rotatable bonds is 6. The number of benzene rings is 2. The molecule has 1 N–H and O–H groups in total. The molecule has 2 aromatic carbocycles. The Hall–Kier alpha value is -2.29. The number of hydrogen-bond acceptors (Lipinski definition) is 1. The van der Waals surface area contributed by atoms with Crippen LogP contribution in [0.2, 0.25) is 0 Å². The zero-order valence-corrected chi connectivity index (χ0v) is 14.9. The van der Waals surface area contributed by atoms with Crippen LogP contribution in [0, 0.1) is 5.92 Å². The first-order valence-electron chi connectivity index (χ1n) is 9.42. The minimum Gasteiger partial charge on any atom is -0.338 e. The van der Waals surface area contributed by atoms with E-state index in [4.69, 9.17) is 0 Å². The Kier molecular flexibility index (Phi) is 6.49. The lowest BCUT2D eigenvalue weighted by atomic mass is 9.89. The van der Waals surface area contributed by atoms with Crippen molar-refractivity contribution in [1.82, 2.24) is 10.2 Å². The Balaban J connectivity index is 1.62. The molecule has 0 aliphatic heterocycles. The zero-order chi connectivity index (χ0) is 17.3. The molecule has 1 saturated carbocycles.